The Hall–Kier alpha value is -1.88. The second kappa shape index (κ2) is 5.64. The zero-order valence-electron chi connectivity index (χ0n) is 10.4. The molecule has 18 heavy (non-hydrogen) atoms. The minimum Gasteiger partial charge on any atom is -0.394 e. The quantitative estimate of drug-likeness (QED) is 0.749. The molecule has 5 heteroatoms. The van der Waals surface area contributed by atoms with E-state index in [4.69, 9.17) is 5.73 Å². The second-order valence-corrected chi connectivity index (χ2v) is 4.26. The summed E-state index contributed by atoms with van der Waals surface area (Å²) in [6.07, 6.45) is 1.88. The number of benzene rings is 1. The van der Waals surface area contributed by atoms with Gasteiger partial charge in [0.2, 0.25) is 5.95 Å². The number of nitrogens with zero attached hydrogens (tertiary/aromatic N) is 2. The molecule has 96 valence electrons. The van der Waals surface area contributed by atoms with Gasteiger partial charge in [-0.05, 0) is 18.6 Å². The highest BCUT2D eigenvalue weighted by Gasteiger charge is 2.10. The topological polar surface area (TPSA) is 84.1 Å². The SMILES string of the molecule is CCC[C@@H](CO)Nc1nc(N)nc2ccccc12. The van der Waals surface area contributed by atoms with Crippen LogP contribution < -0.4 is 11.1 Å². The molecular formula is C13H18N4O. The first-order valence-electron chi connectivity index (χ1n) is 6.14. The fourth-order valence-corrected chi connectivity index (χ4v) is 1.96. The predicted octanol–water partition coefficient (Wildman–Crippen LogP) is 1.78. The summed E-state index contributed by atoms with van der Waals surface area (Å²) in [5.41, 5.74) is 6.50. The third kappa shape index (κ3) is 2.68. The molecule has 4 N–H and O–H groups in total. The number of nitrogens with two attached hydrogens (primary N) is 1. The summed E-state index contributed by atoms with van der Waals surface area (Å²) in [6, 6.07) is 7.67. The molecule has 2 rings (SSSR count). The number of rotatable bonds is 5. The van der Waals surface area contributed by atoms with Gasteiger partial charge in [-0.2, -0.15) is 4.98 Å². The van der Waals surface area contributed by atoms with Crippen LogP contribution in [0.2, 0.25) is 0 Å². The largest absolute Gasteiger partial charge is 0.394 e. The van der Waals surface area contributed by atoms with Crippen molar-refractivity contribution < 1.29 is 5.11 Å². The van der Waals surface area contributed by atoms with Crippen LogP contribution in [-0.4, -0.2) is 27.7 Å². The summed E-state index contributed by atoms with van der Waals surface area (Å²) in [5, 5.41) is 13.5. The zero-order valence-corrected chi connectivity index (χ0v) is 10.4. The Morgan fingerprint density at radius 1 is 1.33 bits per heavy atom. The Bertz CT molecular complexity index is 529. The van der Waals surface area contributed by atoms with Gasteiger partial charge in [-0.25, -0.2) is 4.98 Å². The fourth-order valence-electron chi connectivity index (χ4n) is 1.96. The third-order valence-electron chi connectivity index (χ3n) is 2.82. The van der Waals surface area contributed by atoms with Crippen LogP contribution in [0.1, 0.15) is 19.8 Å². The molecule has 0 radical (unpaired) electrons. The number of aliphatic hydroxyl groups excluding tert-OH is 1. The van der Waals surface area contributed by atoms with Crippen molar-refractivity contribution in [1.29, 1.82) is 0 Å². The van der Waals surface area contributed by atoms with Gasteiger partial charge in [0.25, 0.3) is 0 Å². The van der Waals surface area contributed by atoms with E-state index in [0.717, 1.165) is 23.7 Å². The van der Waals surface area contributed by atoms with E-state index in [1.54, 1.807) is 0 Å². The van der Waals surface area contributed by atoms with Crippen molar-refractivity contribution in [2.45, 2.75) is 25.8 Å². The van der Waals surface area contributed by atoms with Gasteiger partial charge in [-0.15, -0.1) is 0 Å². The van der Waals surface area contributed by atoms with Gasteiger partial charge in [0.05, 0.1) is 18.2 Å². The van der Waals surface area contributed by atoms with Crippen LogP contribution in [0.5, 0.6) is 0 Å². The van der Waals surface area contributed by atoms with Crippen LogP contribution in [0, 0.1) is 0 Å². The molecular weight excluding hydrogens is 228 g/mol. The molecule has 0 aliphatic carbocycles. The van der Waals surface area contributed by atoms with Crippen LogP contribution in [0.25, 0.3) is 10.9 Å². The Labute approximate surface area is 106 Å². The van der Waals surface area contributed by atoms with E-state index in [1.165, 1.54) is 0 Å². The van der Waals surface area contributed by atoms with Gasteiger partial charge >= 0.3 is 0 Å². The molecule has 0 aliphatic heterocycles. The van der Waals surface area contributed by atoms with E-state index in [2.05, 4.69) is 22.2 Å². The number of nitrogen functional groups attached to an aromatic ring is 1. The van der Waals surface area contributed by atoms with Crippen molar-refractivity contribution in [3.8, 4) is 0 Å². The highest BCUT2D eigenvalue weighted by Crippen LogP contribution is 2.21. The van der Waals surface area contributed by atoms with Gasteiger partial charge in [0.1, 0.15) is 5.82 Å². The standard InChI is InChI=1S/C13H18N4O/c1-2-5-9(8-18)15-12-10-6-3-4-7-11(10)16-13(14)17-12/h3-4,6-7,9,18H,2,5,8H2,1H3,(H3,14,15,16,17)/t9-/m0/s1. The summed E-state index contributed by atoms with van der Waals surface area (Å²) < 4.78 is 0. The smallest absolute Gasteiger partial charge is 0.222 e. The van der Waals surface area contributed by atoms with E-state index in [9.17, 15) is 5.11 Å². The molecule has 0 amide bonds. The van der Waals surface area contributed by atoms with E-state index in [0.29, 0.717) is 5.82 Å². The lowest BCUT2D eigenvalue weighted by Gasteiger charge is -2.17. The van der Waals surface area contributed by atoms with Crippen molar-refractivity contribution >= 4 is 22.7 Å². The van der Waals surface area contributed by atoms with Crippen LogP contribution in [0.4, 0.5) is 11.8 Å². The molecule has 5 nitrogen and oxygen atoms in total. The van der Waals surface area contributed by atoms with E-state index < -0.39 is 0 Å². The first kappa shape index (κ1) is 12.6. The van der Waals surface area contributed by atoms with Gasteiger partial charge in [0, 0.05) is 5.39 Å². The van der Waals surface area contributed by atoms with Crippen molar-refractivity contribution in [3.63, 3.8) is 0 Å². The van der Waals surface area contributed by atoms with Crippen molar-refractivity contribution in [3.05, 3.63) is 24.3 Å². The molecule has 2 aromatic rings. The number of nitrogens with one attached hydrogen (secondary N) is 1. The van der Waals surface area contributed by atoms with Crippen LogP contribution in [0.15, 0.2) is 24.3 Å². The molecule has 0 bridgehead atoms. The molecule has 1 aromatic heterocycles. The van der Waals surface area contributed by atoms with Crippen LogP contribution >= 0.6 is 0 Å². The number of fused-ring (bicyclic) bond motifs is 1. The van der Waals surface area contributed by atoms with Crippen LogP contribution in [-0.2, 0) is 0 Å². The second-order valence-electron chi connectivity index (χ2n) is 4.26. The molecule has 0 spiro atoms. The fraction of sp³-hybridized carbons (Fsp3) is 0.385. The maximum absolute atomic E-state index is 9.32. The number of aliphatic hydroxyl groups is 1. The van der Waals surface area contributed by atoms with Gasteiger partial charge < -0.3 is 16.2 Å². The monoisotopic (exact) mass is 246 g/mol. The normalized spacial score (nSPS) is 12.6. The number of anilines is 2. The molecule has 0 unspecified atom stereocenters. The molecule has 0 saturated carbocycles. The highest BCUT2D eigenvalue weighted by atomic mass is 16.3. The number of hydrogen-bond acceptors (Lipinski definition) is 5. The lowest BCUT2D eigenvalue weighted by Crippen LogP contribution is -2.24. The number of hydrogen-bond donors (Lipinski definition) is 3. The maximum atomic E-state index is 9.32. The summed E-state index contributed by atoms with van der Waals surface area (Å²) in [4.78, 5) is 8.40. The zero-order chi connectivity index (χ0) is 13.0. The summed E-state index contributed by atoms with van der Waals surface area (Å²) in [7, 11) is 0. The Kier molecular flexibility index (Phi) is 3.94. The van der Waals surface area contributed by atoms with Gasteiger partial charge in [0.15, 0.2) is 0 Å². The molecule has 0 fully saturated rings. The van der Waals surface area contributed by atoms with E-state index in [-0.39, 0.29) is 18.6 Å². The molecule has 1 heterocycles. The van der Waals surface area contributed by atoms with Crippen LogP contribution in [0.3, 0.4) is 0 Å². The number of para-hydroxylation sites is 1. The van der Waals surface area contributed by atoms with Gasteiger partial charge in [-0.1, -0.05) is 25.5 Å². The lowest BCUT2D eigenvalue weighted by molar-refractivity contribution is 0.268. The average molecular weight is 246 g/mol. The molecule has 1 atom stereocenters. The Morgan fingerprint density at radius 3 is 2.83 bits per heavy atom. The Morgan fingerprint density at radius 2 is 2.11 bits per heavy atom. The van der Waals surface area contributed by atoms with Crippen molar-refractivity contribution in [2.24, 2.45) is 0 Å². The van der Waals surface area contributed by atoms with Crippen molar-refractivity contribution in [2.75, 3.05) is 17.7 Å². The highest BCUT2D eigenvalue weighted by molar-refractivity contribution is 5.89. The minimum atomic E-state index is -0.00675. The van der Waals surface area contributed by atoms with Gasteiger partial charge in [-0.3, -0.25) is 0 Å². The molecule has 0 saturated heterocycles. The third-order valence-corrected chi connectivity index (χ3v) is 2.82. The first-order chi connectivity index (χ1) is 8.74. The average Bonchev–Trinajstić information content (AvgIpc) is 2.38. The Balaban J connectivity index is 2.37. The molecule has 1 aromatic carbocycles. The lowest BCUT2D eigenvalue weighted by atomic mass is 10.1. The number of aromatic nitrogens is 2. The molecule has 0 aliphatic rings. The summed E-state index contributed by atoms with van der Waals surface area (Å²) in [6.45, 7) is 2.16. The first-order valence-corrected chi connectivity index (χ1v) is 6.14. The predicted molar refractivity (Wildman–Crippen MR) is 73.4 cm³/mol. The maximum Gasteiger partial charge on any atom is 0.222 e. The summed E-state index contributed by atoms with van der Waals surface area (Å²) in [5.74, 6) is 0.926. The van der Waals surface area contributed by atoms with Crippen molar-refractivity contribution in [1.82, 2.24) is 9.97 Å². The minimum absolute atomic E-state index is 0.00675. The summed E-state index contributed by atoms with van der Waals surface area (Å²) >= 11 is 0. The van der Waals surface area contributed by atoms with E-state index >= 15 is 0 Å². The van der Waals surface area contributed by atoms with E-state index in [1.807, 2.05) is 24.3 Å².